The van der Waals surface area contributed by atoms with Gasteiger partial charge in [0.1, 0.15) is 11.8 Å². The van der Waals surface area contributed by atoms with Gasteiger partial charge in [0.2, 0.25) is 3.79 Å². The van der Waals surface area contributed by atoms with Gasteiger partial charge in [-0.05, 0) is 49.0 Å². The first-order valence-corrected chi connectivity index (χ1v) is 15.1. The highest BCUT2D eigenvalue weighted by molar-refractivity contribution is 6.68. The number of para-hydroxylation sites is 1. The Morgan fingerprint density at radius 1 is 0.838 bits per heavy atom. The molecule has 37 heavy (non-hydrogen) atoms. The summed E-state index contributed by atoms with van der Waals surface area (Å²) >= 11 is 20.4. The van der Waals surface area contributed by atoms with Crippen molar-refractivity contribution in [3.8, 4) is 5.75 Å². The molecule has 6 heteroatoms. The summed E-state index contributed by atoms with van der Waals surface area (Å²) in [5.41, 5.74) is 4.54. The lowest BCUT2D eigenvalue weighted by atomic mass is 9.87. The summed E-state index contributed by atoms with van der Waals surface area (Å²) in [5, 5.41) is 0. The average molecular weight is 562 g/mol. The number of fused-ring (bicyclic) bond motifs is 1. The van der Waals surface area contributed by atoms with E-state index in [1.807, 2.05) is 18.2 Å². The molecule has 1 atom stereocenters. The van der Waals surface area contributed by atoms with Crippen LogP contribution in [0, 0.1) is 0 Å². The van der Waals surface area contributed by atoms with E-state index < -0.39 is 9.83 Å². The van der Waals surface area contributed by atoms with Crippen molar-refractivity contribution in [3.63, 3.8) is 0 Å². The topological polar surface area (TPSA) is 15.7 Å². The van der Waals surface area contributed by atoms with Crippen LogP contribution in [0.2, 0.25) is 0 Å². The number of rotatable bonds is 7. The molecule has 5 rings (SSSR count). The summed E-state index contributed by atoms with van der Waals surface area (Å²) in [6.45, 7) is 1.50. The van der Waals surface area contributed by atoms with Crippen molar-refractivity contribution in [2.45, 2.75) is 92.7 Å². The second-order valence-electron chi connectivity index (χ2n) is 10.9. The van der Waals surface area contributed by atoms with E-state index in [4.69, 9.17) is 39.5 Å². The number of halogens is 3. The highest BCUT2D eigenvalue weighted by Gasteiger charge is 2.43. The van der Waals surface area contributed by atoms with E-state index in [0.717, 1.165) is 29.0 Å². The standard InChI is InChI=1S/C31H39Cl3N2O/c1-37-29-19-11-9-13-24(29)21-36-27(20-23-12-8-10-18-28(23)30(36)31(32,33)34)22-35(25-14-4-2-5-15-25)26-16-6-3-7-17-26/h8-13,18-20,25-26,30H,2-7,14-17,21-22H2,1H3. The smallest absolute Gasteiger partial charge is 0.214 e. The molecule has 1 heterocycles. The van der Waals surface area contributed by atoms with Gasteiger partial charge in [-0.3, -0.25) is 4.90 Å². The summed E-state index contributed by atoms with van der Waals surface area (Å²) in [7, 11) is 1.72. The Kier molecular flexibility index (Phi) is 8.96. The molecule has 2 fully saturated rings. The van der Waals surface area contributed by atoms with Crippen LogP contribution < -0.4 is 4.74 Å². The highest BCUT2D eigenvalue weighted by atomic mass is 35.6. The Morgan fingerprint density at radius 3 is 2.05 bits per heavy atom. The van der Waals surface area contributed by atoms with Gasteiger partial charge in [0.15, 0.2) is 0 Å². The maximum absolute atomic E-state index is 6.79. The van der Waals surface area contributed by atoms with E-state index in [0.29, 0.717) is 18.6 Å². The third-order valence-electron chi connectivity index (χ3n) is 8.57. The van der Waals surface area contributed by atoms with Gasteiger partial charge in [0, 0.05) is 36.4 Å². The second kappa shape index (κ2) is 12.2. The fourth-order valence-electron chi connectivity index (χ4n) is 6.76. The maximum atomic E-state index is 6.79. The Labute approximate surface area is 237 Å². The van der Waals surface area contributed by atoms with Gasteiger partial charge in [-0.15, -0.1) is 0 Å². The number of ether oxygens (including phenoxy) is 1. The molecule has 1 aliphatic heterocycles. The van der Waals surface area contributed by atoms with Crippen LogP contribution >= 0.6 is 34.8 Å². The zero-order valence-corrected chi connectivity index (χ0v) is 24.1. The fourth-order valence-corrected chi connectivity index (χ4v) is 7.46. The molecule has 0 N–H and O–H groups in total. The minimum atomic E-state index is -1.49. The van der Waals surface area contributed by atoms with Crippen molar-refractivity contribution in [2.75, 3.05) is 13.7 Å². The Balaban J connectivity index is 1.56. The fraction of sp³-hybridized carbons (Fsp3) is 0.548. The lowest BCUT2D eigenvalue weighted by molar-refractivity contribution is 0.0774. The van der Waals surface area contributed by atoms with Crippen LogP contribution in [0.5, 0.6) is 5.75 Å². The minimum Gasteiger partial charge on any atom is -0.496 e. The van der Waals surface area contributed by atoms with Crippen LogP contribution in [-0.2, 0) is 6.54 Å². The van der Waals surface area contributed by atoms with E-state index in [1.165, 1.54) is 69.9 Å². The van der Waals surface area contributed by atoms with Gasteiger partial charge >= 0.3 is 0 Å². The third-order valence-corrected chi connectivity index (χ3v) is 9.19. The highest BCUT2D eigenvalue weighted by Crippen LogP contribution is 2.50. The molecule has 2 aliphatic carbocycles. The summed E-state index contributed by atoms with van der Waals surface area (Å²) in [4.78, 5) is 5.18. The Bertz CT molecular complexity index is 1050. The second-order valence-corrected chi connectivity index (χ2v) is 13.3. The Morgan fingerprint density at radius 2 is 1.43 bits per heavy atom. The lowest BCUT2D eigenvalue weighted by Gasteiger charge is -2.47. The van der Waals surface area contributed by atoms with Crippen molar-refractivity contribution in [3.05, 3.63) is 70.9 Å². The molecule has 1 unspecified atom stereocenters. The number of methoxy groups -OCH3 is 1. The molecule has 2 aromatic carbocycles. The molecule has 0 amide bonds. The van der Waals surface area contributed by atoms with Gasteiger partial charge in [-0.25, -0.2) is 0 Å². The van der Waals surface area contributed by atoms with Crippen LogP contribution in [-0.4, -0.2) is 39.3 Å². The molecule has 2 saturated carbocycles. The van der Waals surface area contributed by atoms with Crippen LogP contribution in [0.3, 0.4) is 0 Å². The van der Waals surface area contributed by atoms with Gasteiger partial charge < -0.3 is 9.64 Å². The molecule has 2 aromatic rings. The van der Waals surface area contributed by atoms with E-state index in [9.17, 15) is 0 Å². The van der Waals surface area contributed by atoms with Crippen molar-refractivity contribution in [2.24, 2.45) is 0 Å². The number of nitrogens with zero attached hydrogens (tertiary/aromatic N) is 2. The first kappa shape index (κ1) is 27.2. The number of benzene rings is 2. The molecular weight excluding hydrogens is 523 g/mol. The maximum Gasteiger partial charge on any atom is 0.214 e. The predicted molar refractivity (Wildman–Crippen MR) is 156 cm³/mol. The first-order valence-electron chi connectivity index (χ1n) is 14.0. The van der Waals surface area contributed by atoms with E-state index in [-0.39, 0.29) is 0 Å². The summed E-state index contributed by atoms with van der Waals surface area (Å²) in [6.07, 6.45) is 15.6. The molecule has 0 aromatic heterocycles. The van der Waals surface area contributed by atoms with Crippen LogP contribution in [0.25, 0.3) is 6.08 Å². The van der Waals surface area contributed by atoms with Gasteiger partial charge in [0.05, 0.1) is 7.11 Å². The molecular formula is C31H39Cl3N2O. The predicted octanol–water partition coefficient (Wildman–Crippen LogP) is 8.93. The molecule has 3 aliphatic rings. The number of alkyl halides is 3. The summed E-state index contributed by atoms with van der Waals surface area (Å²) in [6, 6.07) is 17.4. The summed E-state index contributed by atoms with van der Waals surface area (Å²) in [5.74, 6) is 0.861. The zero-order chi connectivity index (χ0) is 25.8. The number of hydrogen-bond acceptors (Lipinski definition) is 3. The lowest BCUT2D eigenvalue weighted by Crippen LogP contribution is -2.49. The molecule has 0 radical (unpaired) electrons. The van der Waals surface area contributed by atoms with Gasteiger partial charge in [-0.1, -0.05) is 116 Å². The van der Waals surface area contributed by atoms with Crippen LogP contribution in [0.15, 0.2) is 54.2 Å². The molecule has 0 saturated heterocycles. The van der Waals surface area contributed by atoms with Crippen LogP contribution in [0.1, 0.15) is 86.9 Å². The Hall–Kier alpha value is -1.39. The van der Waals surface area contributed by atoms with Crippen molar-refractivity contribution in [1.29, 1.82) is 0 Å². The SMILES string of the molecule is COc1ccccc1CN1C(CN(C2CCCCC2)C2CCCCC2)=Cc2ccccc2C1C(Cl)(Cl)Cl. The largest absolute Gasteiger partial charge is 0.496 e. The van der Waals surface area contributed by atoms with Crippen LogP contribution in [0.4, 0.5) is 0 Å². The molecule has 3 nitrogen and oxygen atoms in total. The monoisotopic (exact) mass is 560 g/mol. The van der Waals surface area contributed by atoms with E-state index in [2.05, 4.69) is 46.2 Å². The molecule has 0 bridgehead atoms. The molecule has 200 valence electrons. The van der Waals surface area contributed by atoms with E-state index in [1.54, 1.807) is 7.11 Å². The minimum absolute atomic E-state index is 0.391. The first-order chi connectivity index (χ1) is 18.0. The zero-order valence-electron chi connectivity index (χ0n) is 21.9. The van der Waals surface area contributed by atoms with Gasteiger partial charge in [0.25, 0.3) is 0 Å². The van der Waals surface area contributed by atoms with E-state index >= 15 is 0 Å². The average Bonchev–Trinajstić information content (AvgIpc) is 2.92. The summed E-state index contributed by atoms with van der Waals surface area (Å²) < 4.78 is 4.24. The third kappa shape index (κ3) is 6.27. The van der Waals surface area contributed by atoms with Gasteiger partial charge in [-0.2, -0.15) is 0 Å². The van der Waals surface area contributed by atoms with Crippen molar-refractivity contribution < 1.29 is 4.74 Å². The van der Waals surface area contributed by atoms with Crippen molar-refractivity contribution >= 4 is 40.9 Å². The molecule has 0 spiro atoms. The quantitative estimate of drug-likeness (QED) is 0.314. The van der Waals surface area contributed by atoms with Crippen molar-refractivity contribution in [1.82, 2.24) is 9.80 Å². The normalized spacial score (nSPS) is 21.6. The number of hydrogen-bond donors (Lipinski definition) is 0.